The Morgan fingerprint density at radius 2 is 2.00 bits per heavy atom. The monoisotopic (exact) mass is 249 g/mol. The van der Waals surface area contributed by atoms with Crippen molar-refractivity contribution < 1.29 is 13.5 Å². The highest BCUT2D eigenvalue weighted by molar-refractivity contribution is 7.89. The first-order chi connectivity index (χ1) is 7.05. The highest BCUT2D eigenvalue weighted by atomic mass is 35.5. The third kappa shape index (κ3) is 4.07. The summed E-state index contributed by atoms with van der Waals surface area (Å²) in [7, 11) is -3.34. The molecule has 0 aromatic heterocycles. The molecule has 0 aliphatic heterocycles. The maximum atomic E-state index is 11.2. The maximum Gasteiger partial charge on any atom is 0.213 e. The molecule has 0 saturated heterocycles. The second-order valence-corrected chi connectivity index (χ2v) is 5.26. The van der Waals surface area contributed by atoms with Gasteiger partial charge >= 0.3 is 0 Å². The van der Waals surface area contributed by atoms with Crippen molar-refractivity contribution in [1.29, 1.82) is 0 Å². The van der Waals surface area contributed by atoms with E-state index in [0.717, 1.165) is 0 Å². The molecule has 0 amide bonds. The molecule has 6 heteroatoms. The molecule has 15 heavy (non-hydrogen) atoms. The van der Waals surface area contributed by atoms with Gasteiger partial charge in [-0.15, -0.1) is 11.6 Å². The Hall–Kier alpha value is -0.780. The number of rotatable bonds is 5. The van der Waals surface area contributed by atoms with Gasteiger partial charge in [0.25, 0.3) is 0 Å². The van der Waals surface area contributed by atoms with Crippen LogP contribution in [0.25, 0.3) is 0 Å². The van der Waals surface area contributed by atoms with Crippen molar-refractivity contribution in [3.63, 3.8) is 0 Å². The first-order valence-electron chi connectivity index (χ1n) is 4.35. The van der Waals surface area contributed by atoms with Crippen LogP contribution >= 0.6 is 11.6 Å². The Morgan fingerprint density at radius 1 is 1.33 bits per heavy atom. The molecule has 0 radical (unpaired) electrons. The highest BCUT2D eigenvalue weighted by Gasteiger charge is 2.09. The molecule has 0 heterocycles. The molecule has 0 fully saturated rings. The Kier molecular flexibility index (Phi) is 4.38. The van der Waals surface area contributed by atoms with Crippen LogP contribution in [0.1, 0.15) is 5.56 Å². The number of halogens is 1. The van der Waals surface area contributed by atoms with Crippen LogP contribution in [0, 0.1) is 0 Å². The van der Waals surface area contributed by atoms with Crippen molar-refractivity contribution >= 4 is 21.6 Å². The van der Waals surface area contributed by atoms with Crippen molar-refractivity contribution in [2.75, 3.05) is 11.6 Å². The molecule has 1 aromatic rings. The van der Waals surface area contributed by atoms with Crippen molar-refractivity contribution in [3.05, 3.63) is 29.8 Å². The summed E-state index contributed by atoms with van der Waals surface area (Å²) >= 11 is 5.33. The van der Waals surface area contributed by atoms with Crippen molar-refractivity contribution in [2.24, 2.45) is 0 Å². The molecule has 4 nitrogen and oxygen atoms in total. The number of hydrogen-bond acceptors (Lipinski definition) is 3. The number of para-hydroxylation sites is 1. The van der Waals surface area contributed by atoms with Crippen molar-refractivity contribution in [1.82, 2.24) is 4.72 Å². The maximum absolute atomic E-state index is 11.2. The molecule has 0 aliphatic carbocycles. The number of hydrogen-bond donors (Lipinski definition) is 2. The van der Waals surface area contributed by atoms with E-state index in [9.17, 15) is 13.5 Å². The van der Waals surface area contributed by atoms with E-state index in [0.29, 0.717) is 5.56 Å². The summed E-state index contributed by atoms with van der Waals surface area (Å²) in [5, 5.41) is 9.38. The number of alkyl halides is 1. The lowest BCUT2D eigenvalue weighted by Crippen LogP contribution is -2.26. The molecule has 0 aliphatic rings. The Balaban J connectivity index is 2.62. The summed E-state index contributed by atoms with van der Waals surface area (Å²) in [5.74, 6) is 0.00389. The Labute approximate surface area is 93.9 Å². The molecular weight excluding hydrogens is 238 g/mol. The van der Waals surface area contributed by atoms with Gasteiger partial charge in [-0.3, -0.25) is 0 Å². The normalized spacial score (nSPS) is 11.5. The van der Waals surface area contributed by atoms with Gasteiger partial charge in [-0.25, -0.2) is 13.1 Å². The van der Waals surface area contributed by atoms with Crippen LogP contribution in [0.15, 0.2) is 24.3 Å². The minimum Gasteiger partial charge on any atom is -0.508 e. The average Bonchev–Trinajstić information content (AvgIpc) is 2.16. The van der Waals surface area contributed by atoms with Crippen LogP contribution < -0.4 is 4.72 Å². The van der Waals surface area contributed by atoms with Gasteiger partial charge in [0.05, 0.1) is 5.75 Å². The quantitative estimate of drug-likeness (QED) is 0.767. The smallest absolute Gasteiger partial charge is 0.213 e. The predicted octanol–water partition coefficient (Wildman–Crippen LogP) is 1.05. The molecule has 0 atom stereocenters. The fraction of sp³-hybridized carbons (Fsp3) is 0.333. The summed E-state index contributed by atoms with van der Waals surface area (Å²) < 4.78 is 24.8. The van der Waals surface area contributed by atoms with Gasteiger partial charge in [-0.2, -0.15) is 0 Å². The van der Waals surface area contributed by atoms with Gasteiger partial charge in [0.2, 0.25) is 10.0 Å². The fourth-order valence-electron chi connectivity index (χ4n) is 1.02. The van der Waals surface area contributed by atoms with Crippen LogP contribution in [0.4, 0.5) is 0 Å². The SMILES string of the molecule is O=S(=O)(CCCl)NCc1ccccc1O. The Morgan fingerprint density at radius 3 is 2.60 bits per heavy atom. The first kappa shape index (κ1) is 12.3. The Bertz CT molecular complexity index is 419. The molecule has 0 bridgehead atoms. The van der Waals surface area contributed by atoms with Crippen LogP contribution in [0.5, 0.6) is 5.75 Å². The zero-order valence-corrected chi connectivity index (χ0v) is 9.55. The molecule has 0 spiro atoms. The highest BCUT2D eigenvalue weighted by Crippen LogP contribution is 2.15. The standard InChI is InChI=1S/C9H12ClNO3S/c10-5-6-15(13,14)11-7-8-3-1-2-4-9(8)12/h1-4,11-12H,5-7H2. The van der Waals surface area contributed by atoms with Gasteiger partial charge in [0.1, 0.15) is 5.75 Å². The average molecular weight is 250 g/mol. The molecule has 84 valence electrons. The summed E-state index contributed by atoms with van der Waals surface area (Å²) in [6, 6.07) is 6.56. The third-order valence-corrected chi connectivity index (χ3v) is 3.56. The zero-order chi connectivity index (χ0) is 11.3. The minimum atomic E-state index is -3.34. The number of phenols is 1. The topological polar surface area (TPSA) is 66.4 Å². The van der Waals surface area contributed by atoms with Gasteiger partial charge < -0.3 is 5.11 Å². The van der Waals surface area contributed by atoms with Crippen molar-refractivity contribution in [3.8, 4) is 5.75 Å². The lowest BCUT2D eigenvalue weighted by Gasteiger charge is -2.06. The minimum absolute atomic E-state index is 0.0517. The van der Waals surface area contributed by atoms with E-state index in [1.807, 2.05) is 0 Å². The van der Waals surface area contributed by atoms with E-state index in [2.05, 4.69) is 4.72 Å². The number of benzene rings is 1. The van der Waals surface area contributed by atoms with Crippen LogP contribution in [0.2, 0.25) is 0 Å². The number of nitrogens with one attached hydrogen (secondary N) is 1. The second kappa shape index (κ2) is 5.34. The predicted molar refractivity (Wildman–Crippen MR) is 59.5 cm³/mol. The van der Waals surface area contributed by atoms with Gasteiger partial charge in [-0.05, 0) is 6.07 Å². The van der Waals surface area contributed by atoms with E-state index >= 15 is 0 Å². The number of sulfonamides is 1. The largest absolute Gasteiger partial charge is 0.508 e. The van der Waals surface area contributed by atoms with E-state index in [1.165, 1.54) is 6.07 Å². The van der Waals surface area contributed by atoms with Crippen LogP contribution in [0.3, 0.4) is 0 Å². The van der Waals surface area contributed by atoms with E-state index in [4.69, 9.17) is 11.6 Å². The summed E-state index contributed by atoms with van der Waals surface area (Å²) in [5.41, 5.74) is 0.538. The van der Waals surface area contributed by atoms with Gasteiger partial charge in [0.15, 0.2) is 0 Å². The first-order valence-corrected chi connectivity index (χ1v) is 6.54. The summed E-state index contributed by atoms with van der Waals surface area (Å²) in [6.07, 6.45) is 0. The molecule has 0 unspecified atom stereocenters. The van der Waals surface area contributed by atoms with E-state index in [-0.39, 0.29) is 23.9 Å². The van der Waals surface area contributed by atoms with Gasteiger partial charge in [-0.1, -0.05) is 18.2 Å². The lowest BCUT2D eigenvalue weighted by atomic mass is 10.2. The third-order valence-electron chi connectivity index (χ3n) is 1.82. The van der Waals surface area contributed by atoms with Crippen LogP contribution in [-0.2, 0) is 16.6 Å². The number of aromatic hydroxyl groups is 1. The van der Waals surface area contributed by atoms with Crippen LogP contribution in [-0.4, -0.2) is 25.2 Å². The lowest BCUT2D eigenvalue weighted by molar-refractivity contribution is 0.467. The fourth-order valence-corrected chi connectivity index (χ4v) is 2.35. The van der Waals surface area contributed by atoms with Crippen molar-refractivity contribution in [2.45, 2.75) is 6.54 Å². The zero-order valence-electron chi connectivity index (χ0n) is 7.98. The molecule has 1 rings (SSSR count). The van der Waals surface area contributed by atoms with E-state index in [1.54, 1.807) is 18.2 Å². The molecular formula is C9H12ClNO3S. The van der Waals surface area contributed by atoms with E-state index < -0.39 is 10.0 Å². The summed E-state index contributed by atoms with van der Waals surface area (Å²) in [4.78, 5) is 0. The van der Waals surface area contributed by atoms with Gasteiger partial charge in [0, 0.05) is 18.0 Å². The molecule has 1 aromatic carbocycles. The number of phenolic OH excluding ortho intramolecular Hbond substituents is 1. The molecule has 0 saturated carbocycles. The summed E-state index contributed by atoms with van der Waals surface area (Å²) in [6.45, 7) is 0.0753. The second-order valence-electron chi connectivity index (χ2n) is 2.96. The molecule has 2 N–H and O–H groups in total.